The third-order valence-electron chi connectivity index (χ3n) is 4.75. The first kappa shape index (κ1) is 16.7. The van der Waals surface area contributed by atoms with Gasteiger partial charge in [0.15, 0.2) is 0 Å². The molecule has 2 heterocycles. The van der Waals surface area contributed by atoms with Gasteiger partial charge in [0.05, 0.1) is 12.9 Å². The fourth-order valence-electron chi connectivity index (χ4n) is 3.62. The van der Waals surface area contributed by atoms with Crippen LogP contribution < -0.4 is 9.46 Å². The lowest BCUT2D eigenvalue weighted by Gasteiger charge is -2.34. The van der Waals surface area contributed by atoms with Crippen LogP contribution in [0.25, 0.3) is 0 Å². The van der Waals surface area contributed by atoms with Crippen molar-refractivity contribution in [3.05, 3.63) is 29.8 Å². The largest absolute Gasteiger partial charge is 0.493 e. The Hall–Kier alpha value is -1.11. The molecule has 1 fully saturated rings. The number of rotatable bonds is 4. The lowest BCUT2D eigenvalue weighted by atomic mass is 9.95. The molecule has 6 heteroatoms. The van der Waals surface area contributed by atoms with Gasteiger partial charge in [-0.2, -0.15) is 0 Å². The summed E-state index contributed by atoms with van der Waals surface area (Å²) in [6.45, 7) is 3.79. The van der Waals surface area contributed by atoms with E-state index in [9.17, 15) is 8.42 Å². The zero-order valence-corrected chi connectivity index (χ0v) is 14.5. The number of hydrogen-bond acceptors (Lipinski definition) is 4. The molecule has 0 bridgehead atoms. The third kappa shape index (κ3) is 4.93. The first-order chi connectivity index (χ1) is 11.0. The van der Waals surface area contributed by atoms with E-state index in [0.29, 0.717) is 5.92 Å². The molecule has 23 heavy (non-hydrogen) atoms. The fourth-order valence-corrected chi connectivity index (χ4v) is 4.46. The topological polar surface area (TPSA) is 58.6 Å². The van der Waals surface area contributed by atoms with Gasteiger partial charge in [0.25, 0.3) is 0 Å². The average Bonchev–Trinajstić information content (AvgIpc) is 2.69. The Morgan fingerprint density at radius 3 is 2.70 bits per heavy atom. The normalized spacial score (nSPS) is 23.8. The number of para-hydroxylation sites is 1. The van der Waals surface area contributed by atoms with Gasteiger partial charge in [-0.25, -0.2) is 13.1 Å². The minimum absolute atomic E-state index is 0.0967. The summed E-state index contributed by atoms with van der Waals surface area (Å²) in [5.41, 5.74) is 1.31. The molecule has 1 unspecified atom stereocenters. The Labute approximate surface area is 139 Å². The molecule has 1 aromatic carbocycles. The predicted octanol–water partition coefficient (Wildman–Crippen LogP) is 1.64. The van der Waals surface area contributed by atoms with Crippen molar-refractivity contribution in [1.82, 2.24) is 9.62 Å². The Bertz CT molecular complexity index is 624. The highest BCUT2D eigenvalue weighted by Crippen LogP contribution is 2.27. The smallest absolute Gasteiger partial charge is 0.208 e. The Morgan fingerprint density at radius 2 is 1.96 bits per heavy atom. The van der Waals surface area contributed by atoms with Gasteiger partial charge in [-0.1, -0.05) is 18.2 Å². The van der Waals surface area contributed by atoms with Crippen molar-refractivity contribution in [3.63, 3.8) is 0 Å². The first-order valence-electron chi connectivity index (χ1n) is 8.40. The third-order valence-corrected chi connectivity index (χ3v) is 5.51. The Kier molecular flexibility index (Phi) is 5.24. The van der Waals surface area contributed by atoms with Crippen molar-refractivity contribution in [2.45, 2.75) is 31.7 Å². The summed E-state index contributed by atoms with van der Waals surface area (Å²) < 4.78 is 31.2. The van der Waals surface area contributed by atoms with Gasteiger partial charge in [-0.05, 0) is 56.3 Å². The summed E-state index contributed by atoms with van der Waals surface area (Å²) in [6.07, 6.45) is 5.18. The van der Waals surface area contributed by atoms with Gasteiger partial charge in [-0.15, -0.1) is 0 Å². The molecule has 1 saturated heterocycles. The maximum atomic E-state index is 11.3. The van der Waals surface area contributed by atoms with Crippen LogP contribution in [-0.2, 0) is 16.4 Å². The van der Waals surface area contributed by atoms with E-state index in [1.54, 1.807) is 0 Å². The molecule has 0 spiro atoms. The maximum Gasteiger partial charge on any atom is 0.208 e. The van der Waals surface area contributed by atoms with E-state index in [0.717, 1.165) is 57.7 Å². The number of ether oxygens (including phenoxy) is 1. The maximum absolute atomic E-state index is 11.3. The molecule has 0 saturated carbocycles. The van der Waals surface area contributed by atoms with Gasteiger partial charge in [0.1, 0.15) is 5.75 Å². The molecule has 1 aromatic rings. The van der Waals surface area contributed by atoms with E-state index in [1.807, 2.05) is 6.07 Å². The van der Waals surface area contributed by atoms with E-state index in [1.165, 1.54) is 11.8 Å². The molecular weight excluding hydrogens is 312 g/mol. The van der Waals surface area contributed by atoms with Crippen LogP contribution in [0.5, 0.6) is 5.75 Å². The van der Waals surface area contributed by atoms with Crippen LogP contribution in [0.1, 0.15) is 24.8 Å². The van der Waals surface area contributed by atoms with Crippen molar-refractivity contribution in [2.24, 2.45) is 5.92 Å². The molecule has 2 aliphatic heterocycles. The predicted molar refractivity (Wildman–Crippen MR) is 91.2 cm³/mol. The summed E-state index contributed by atoms with van der Waals surface area (Å²) in [5, 5.41) is 0. The van der Waals surface area contributed by atoms with Crippen LogP contribution in [0.4, 0.5) is 0 Å². The number of likely N-dealkylation sites (tertiary alicyclic amines) is 1. The molecule has 5 nitrogen and oxygen atoms in total. The zero-order chi connectivity index (χ0) is 16.3. The first-order valence-corrected chi connectivity index (χ1v) is 10.3. The molecular formula is C17H26N2O3S. The molecule has 0 aliphatic carbocycles. The molecule has 128 valence electrons. The van der Waals surface area contributed by atoms with Crippen molar-refractivity contribution < 1.29 is 13.2 Å². The van der Waals surface area contributed by atoms with Crippen LogP contribution in [0.15, 0.2) is 24.3 Å². The van der Waals surface area contributed by atoms with Gasteiger partial charge in [0, 0.05) is 12.6 Å². The Balaban J connectivity index is 1.51. The van der Waals surface area contributed by atoms with Gasteiger partial charge >= 0.3 is 0 Å². The van der Waals surface area contributed by atoms with Crippen LogP contribution in [-0.4, -0.2) is 51.9 Å². The van der Waals surface area contributed by atoms with Crippen molar-refractivity contribution >= 4 is 10.0 Å². The van der Waals surface area contributed by atoms with Gasteiger partial charge in [-0.3, -0.25) is 0 Å². The second kappa shape index (κ2) is 7.20. The molecule has 0 aromatic heterocycles. The van der Waals surface area contributed by atoms with Crippen LogP contribution in [0, 0.1) is 5.92 Å². The number of fused-ring (bicyclic) bond motifs is 1. The molecule has 3 rings (SSSR count). The fraction of sp³-hybridized carbons (Fsp3) is 0.647. The summed E-state index contributed by atoms with van der Waals surface area (Å²) in [5.74, 6) is 1.64. The minimum Gasteiger partial charge on any atom is -0.493 e. The van der Waals surface area contributed by atoms with Gasteiger partial charge in [0.2, 0.25) is 10.0 Å². The number of piperidine rings is 1. The number of nitrogens with zero attached hydrogens (tertiary/aromatic N) is 1. The summed E-state index contributed by atoms with van der Waals surface area (Å²) >= 11 is 0. The summed E-state index contributed by atoms with van der Waals surface area (Å²) in [6, 6.07) is 8.42. The highest BCUT2D eigenvalue weighted by Gasteiger charge is 2.25. The van der Waals surface area contributed by atoms with Gasteiger partial charge < -0.3 is 9.64 Å². The molecule has 0 radical (unpaired) electrons. The van der Waals surface area contributed by atoms with Crippen molar-refractivity contribution in [3.8, 4) is 5.75 Å². The molecule has 0 amide bonds. The number of hydrogen-bond donors (Lipinski definition) is 1. The average molecular weight is 338 g/mol. The second-order valence-corrected chi connectivity index (χ2v) is 8.56. The van der Waals surface area contributed by atoms with Crippen molar-refractivity contribution in [2.75, 3.05) is 32.5 Å². The van der Waals surface area contributed by atoms with Crippen molar-refractivity contribution in [1.29, 1.82) is 0 Å². The summed E-state index contributed by atoms with van der Waals surface area (Å²) in [4.78, 5) is 2.47. The standard InChI is InChI=1S/C17H26N2O3S/c1-23(20,21)18-16-6-9-19(10-7-16)13-14-8-11-22-17-5-3-2-4-15(17)12-14/h2-5,14,16,18H,6-13H2,1H3. The van der Waals surface area contributed by atoms with Crippen LogP contribution in [0.2, 0.25) is 0 Å². The highest BCUT2D eigenvalue weighted by atomic mass is 32.2. The molecule has 1 atom stereocenters. The highest BCUT2D eigenvalue weighted by molar-refractivity contribution is 7.88. The molecule has 1 N–H and O–H groups in total. The van der Waals surface area contributed by atoms with E-state index >= 15 is 0 Å². The number of nitrogens with one attached hydrogen (secondary N) is 1. The minimum atomic E-state index is -3.09. The van der Waals surface area contributed by atoms with Crippen LogP contribution >= 0.6 is 0 Å². The Morgan fingerprint density at radius 1 is 1.22 bits per heavy atom. The zero-order valence-electron chi connectivity index (χ0n) is 13.7. The summed E-state index contributed by atoms with van der Waals surface area (Å²) in [7, 11) is -3.09. The second-order valence-electron chi connectivity index (χ2n) is 6.78. The van der Waals surface area contributed by atoms with E-state index in [-0.39, 0.29) is 6.04 Å². The SMILES string of the molecule is CS(=O)(=O)NC1CCN(CC2CCOc3ccccc3C2)CC1. The number of benzene rings is 1. The van der Waals surface area contributed by atoms with E-state index in [2.05, 4.69) is 27.8 Å². The van der Waals surface area contributed by atoms with Crippen LogP contribution in [0.3, 0.4) is 0 Å². The molecule has 2 aliphatic rings. The quantitative estimate of drug-likeness (QED) is 0.907. The lowest BCUT2D eigenvalue weighted by Crippen LogP contribution is -2.45. The number of sulfonamides is 1. The van der Waals surface area contributed by atoms with E-state index in [4.69, 9.17) is 4.74 Å². The lowest BCUT2D eigenvalue weighted by molar-refractivity contribution is 0.169. The van der Waals surface area contributed by atoms with E-state index < -0.39 is 10.0 Å². The monoisotopic (exact) mass is 338 g/mol.